The number of aromatic nitrogens is 2. The van der Waals surface area contributed by atoms with E-state index in [9.17, 15) is 9.59 Å². The second-order valence-corrected chi connectivity index (χ2v) is 11.3. The maximum absolute atomic E-state index is 13.4. The van der Waals surface area contributed by atoms with Crippen molar-refractivity contribution in [1.82, 2.24) is 14.7 Å². The number of para-hydroxylation sites is 1. The number of ketones is 1. The number of hydrogen-bond acceptors (Lipinski definition) is 4. The first kappa shape index (κ1) is 25.0. The fraction of sp³-hybridized carbons (Fsp3) is 0.633. The number of benzene rings is 1. The molecule has 2 heterocycles. The van der Waals surface area contributed by atoms with Crippen LogP contribution < -0.4 is 4.74 Å². The van der Waals surface area contributed by atoms with Gasteiger partial charge in [0.25, 0.3) is 5.91 Å². The Kier molecular flexibility index (Phi) is 7.78. The highest BCUT2D eigenvalue weighted by atomic mass is 16.5. The molecule has 1 aliphatic heterocycles. The molecule has 0 spiro atoms. The highest BCUT2D eigenvalue weighted by Crippen LogP contribution is 2.33. The quantitative estimate of drug-likeness (QED) is 0.486. The van der Waals surface area contributed by atoms with E-state index in [-0.39, 0.29) is 11.7 Å². The molecule has 0 N–H and O–H groups in total. The Morgan fingerprint density at radius 3 is 2.47 bits per heavy atom. The average molecular weight is 492 g/mol. The minimum atomic E-state index is 0.0991. The van der Waals surface area contributed by atoms with Crippen LogP contribution in [0.2, 0.25) is 0 Å². The van der Waals surface area contributed by atoms with Crippen molar-refractivity contribution in [3.8, 4) is 5.75 Å². The van der Waals surface area contributed by atoms with Gasteiger partial charge in [-0.3, -0.25) is 9.48 Å². The molecule has 3 aliphatic rings. The van der Waals surface area contributed by atoms with Crippen molar-refractivity contribution in [2.75, 3.05) is 13.1 Å². The molecular formula is C30H41N3O3. The molecule has 0 unspecified atom stereocenters. The van der Waals surface area contributed by atoms with Crippen LogP contribution >= 0.6 is 0 Å². The van der Waals surface area contributed by atoms with Crippen LogP contribution in [0.1, 0.15) is 92.0 Å². The number of ether oxygens (including phenoxy) is 1. The van der Waals surface area contributed by atoms with E-state index in [4.69, 9.17) is 9.84 Å². The number of fused-ring (bicyclic) bond motifs is 1. The van der Waals surface area contributed by atoms with E-state index in [1.165, 1.54) is 29.7 Å². The van der Waals surface area contributed by atoms with Crippen LogP contribution in [0.15, 0.2) is 24.3 Å². The fourth-order valence-corrected chi connectivity index (χ4v) is 6.47. The molecular weight excluding hydrogens is 450 g/mol. The normalized spacial score (nSPS) is 22.4. The van der Waals surface area contributed by atoms with Gasteiger partial charge in [0.15, 0.2) is 5.69 Å². The van der Waals surface area contributed by atoms with Crippen LogP contribution in [-0.2, 0) is 24.2 Å². The molecule has 36 heavy (non-hydrogen) atoms. The van der Waals surface area contributed by atoms with Crippen molar-refractivity contribution in [3.05, 3.63) is 46.8 Å². The van der Waals surface area contributed by atoms with E-state index in [1.807, 2.05) is 11.0 Å². The van der Waals surface area contributed by atoms with Crippen molar-refractivity contribution >= 4 is 11.7 Å². The molecule has 0 atom stereocenters. The monoisotopic (exact) mass is 491 g/mol. The number of Topliss-reactive ketones (excluding diaryl/α,β-unsaturated/α-hetero) is 1. The highest BCUT2D eigenvalue weighted by Gasteiger charge is 2.32. The lowest BCUT2D eigenvalue weighted by Gasteiger charge is -2.31. The van der Waals surface area contributed by atoms with E-state index in [0.29, 0.717) is 30.1 Å². The summed E-state index contributed by atoms with van der Waals surface area (Å²) < 4.78 is 8.45. The molecule has 1 saturated carbocycles. The van der Waals surface area contributed by atoms with E-state index in [0.717, 1.165) is 76.8 Å². The Balaban J connectivity index is 1.14. The number of piperidine rings is 1. The predicted molar refractivity (Wildman–Crippen MR) is 140 cm³/mol. The number of carbonyl (C=O) groups excluding carboxylic acids is 2. The van der Waals surface area contributed by atoms with Crippen molar-refractivity contribution in [2.24, 2.45) is 11.8 Å². The molecule has 1 saturated heterocycles. The zero-order valence-corrected chi connectivity index (χ0v) is 22.0. The third kappa shape index (κ3) is 5.68. The molecule has 0 bridgehead atoms. The lowest BCUT2D eigenvalue weighted by molar-refractivity contribution is -0.118. The summed E-state index contributed by atoms with van der Waals surface area (Å²) in [6.07, 6.45) is 11.7. The van der Waals surface area contributed by atoms with Gasteiger partial charge in [-0.1, -0.05) is 18.2 Å². The van der Waals surface area contributed by atoms with E-state index in [2.05, 4.69) is 29.8 Å². The molecule has 6 heteroatoms. The molecule has 0 radical (unpaired) electrons. The summed E-state index contributed by atoms with van der Waals surface area (Å²) >= 11 is 0. The Bertz CT molecular complexity index is 1080. The zero-order chi connectivity index (χ0) is 25.1. The third-order valence-electron chi connectivity index (χ3n) is 8.62. The number of amides is 1. The SMILES string of the molecule is CC(=O)CC1CCN(C(=O)c2nn(CCC3CCC(Oc4ccccc4C)CC3)c3c2CCC3)CC1. The standard InChI is InChI=1S/C30H41N3O3/c1-21-6-3-4-9-28(21)36-25-12-10-23(11-13-25)16-19-33-27-8-5-7-26(27)29(31-33)30(35)32-17-14-24(15-18-32)20-22(2)34/h3-4,6,9,23-25H,5,7-8,10-20H2,1-2H3. The van der Waals surface area contributed by atoms with E-state index in [1.54, 1.807) is 6.92 Å². The number of carbonyl (C=O) groups is 2. The molecule has 2 aromatic rings. The second-order valence-electron chi connectivity index (χ2n) is 11.3. The van der Waals surface area contributed by atoms with Gasteiger partial charge < -0.3 is 14.4 Å². The Morgan fingerprint density at radius 2 is 1.75 bits per heavy atom. The summed E-state index contributed by atoms with van der Waals surface area (Å²) in [4.78, 5) is 26.8. The van der Waals surface area contributed by atoms with Gasteiger partial charge in [0.05, 0.1) is 6.10 Å². The topological polar surface area (TPSA) is 64.4 Å². The van der Waals surface area contributed by atoms with Crippen LogP contribution in [0.25, 0.3) is 0 Å². The lowest BCUT2D eigenvalue weighted by Crippen LogP contribution is -2.39. The lowest BCUT2D eigenvalue weighted by atomic mass is 9.85. The molecule has 194 valence electrons. The van der Waals surface area contributed by atoms with Crippen molar-refractivity contribution in [2.45, 2.75) is 97.1 Å². The number of likely N-dealkylation sites (tertiary alicyclic amines) is 1. The van der Waals surface area contributed by atoms with Gasteiger partial charge in [0, 0.05) is 37.3 Å². The third-order valence-corrected chi connectivity index (χ3v) is 8.62. The molecule has 1 aromatic heterocycles. The first-order valence-corrected chi connectivity index (χ1v) is 14.1. The van der Waals surface area contributed by atoms with Crippen LogP contribution in [0.3, 0.4) is 0 Å². The van der Waals surface area contributed by atoms with Crippen molar-refractivity contribution in [1.29, 1.82) is 0 Å². The van der Waals surface area contributed by atoms with Crippen molar-refractivity contribution in [3.63, 3.8) is 0 Å². The number of nitrogens with zero attached hydrogens (tertiary/aromatic N) is 3. The van der Waals surface area contributed by atoms with Crippen LogP contribution in [-0.4, -0.2) is 45.6 Å². The highest BCUT2D eigenvalue weighted by molar-refractivity contribution is 5.94. The van der Waals surface area contributed by atoms with Gasteiger partial charge in [0.2, 0.25) is 0 Å². The van der Waals surface area contributed by atoms with Gasteiger partial charge in [-0.05, 0) is 102 Å². The molecule has 5 rings (SSSR count). The largest absolute Gasteiger partial charge is 0.490 e. The molecule has 1 aromatic carbocycles. The maximum Gasteiger partial charge on any atom is 0.274 e. The number of aryl methyl sites for hydroxylation is 2. The number of rotatable bonds is 8. The molecule has 2 aliphatic carbocycles. The average Bonchev–Trinajstić information content (AvgIpc) is 3.48. The number of hydrogen-bond donors (Lipinski definition) is 0. The summed E-state index contributed by atoms with van der Waals surface area (Å²) in [5.74, 6) is 2.49. The summed E-state index contributed by atoms with van der Waals surface area (Å²) in [5.41, 5.74) is 4.39. The first-order chi connectivity index (χ1) is 17.5. The van der Waals surface area contributed by atoms with E-state index < -0.39 is 0 Å². The second kappa shape index (κ2) is 11.2. The fourth-order valence-electron chi connectivity index (χ4n) is 6.47. The van der Waals surface area contributed by atoms with Gasteiger partial charge in [0.1, 0.15) is 11.5 Å². The first-order valence-electron chi connectivity index (χ1n) is 14.1. The van der Waals surface area contributed by atoms with Gasteiger partial charge in [-0.25, -0.2) is 0 Å². The van der Waals surface area contributed by atoms with Gasteiger partial charge >= 0.3 is 0 Å². The summed E-state index contributed by atoms with van der Waals surface area (Å²) in [6.45, 7) is 6.17. The Hall–Kier alpha value is -2.63. The van der Waals surface area contributed by atoms with Crippen molar-refractivity contribution < 1.29 is 14.3 Å². The van der Waals surface area contributed by atoms with E-state index >= 15 is 0 Å². The molecule has 1 amide bonds. The Morgan fingerprint density at radius 1 is 1.00 bits per heavy atom. The van der Waals surface area contributed by atoms with Gasteiger partial charge in [-0.15, -0.1) is 0 Å². The molecule has 2 fully saturated rings. The Labute approximate surface area is 215 Å². The minimum Gasteiger partial charge on any atom is -0.490 e. The van der Waals surface area contributed by atoms with Crippen LogP contribution in [0.5, 0.6) is 5.75 Å². The zero-order valence-electron chi connectivity index (χ0n) is 22.0. The predicted octanol–water partition coefficient (Wildman–Crippen LogP) is 5.54. The minimum absolute atomic E-state index is 0.0991. The van der Waals surface area contributed by atoms with Crippen LogP contribution in [0, 0.1) is 18.8 Å². The summed E-state index contributed by atoms with van der Waals surface area (Å²) in [5, 5.41) is 4.89. The van der Waals surface area contributed by atoms with Gasteiger partial charge in [-0.2, -0.15) is 5.10 Å². The smallest absolute Gasteiger partial charge is 0.274 e. The summed E-state index contributed by atoms with van der Waals surface area (Å²) in [6, 6.07) is 8.29. The molecule has 6 nitrogen and oxygen atoms in total. The maximum atomic E-state index is 13.4. The van der Waals surface area contributed by atoms with Crippen LogP contribution in [0.4, 0.5) is 0 Å². The summed E-state index contributed by atoms with van der Waals surface area (Å²) in [7, 11) is 0.